The Balaban J connectivity index is 1.45. The standard InChI is InChI=1S/C17H18N2O4/c20-14-3-4-15(21)18(14)12-2-1-10-7-13(9-11(10)8-12)19-16(22)5-6-17(19)23/h3-6,10-13H,1-2,7-9H2. The number of hydrogen-bond donors (Lipinski definition) is 0. The molecule has 2 heterocycles. The van der Waals surface area contributed by atoms with E-state index in [1.165, 1.54) is 34.1 Å². The van der Waals surface area contributed by atoms with E-state index in [1.807, 2.05) is 0 Å². The van der Waals surface area contributed by atoms with E-state index in [0.717, 1.165) is 32.1 Å². The van der Waals surface area contributed by atoms with Crippen molar-refractivity contribution in [3.8, 4) is 0 Å². The third-order valence-electron chi connectivity index (χ3n) is 5.68. The van der Waals surface area contributed by atoms with E-state index in [2.05, 4.69) is 0 Å². The summed E-state index contributed by atoms with van der Waals surface area (Å²) in [6.45, 7) is 0. The summed E-state index contributed by atoms with van der Waals surface area (Å²) in [5.74, 6) is -0.0443. The van der Waals surface area contributed by atoms with E-state index in [9.17, 15) is 19.2 Å². The van der Waals surface area contributed by atoms with Gasteiger partial charge in [0.05, 0.1) is 0 Å². The summed E-state index contributed by atoms with van der Waals surface area (Å²) in [6.07, 6.45) is 9.49. The highest BCUT2D eigenvalue weighted by Gasteiger charge is 2.46. The van der Waals surface area contributed by atoms with Gasteiger partial charge in [-0.05, 0) is 43.9 Å². The van der Waals surface area contributed by atoms with E-state index in [0.29, 0.717) is 11.8 Å². The van der Waals surface area contributed by atoms with Crippen LogP contribution in [0.25, 0.3) is 0 Å². The lowest BCUT2D eigenvalue weighted by atomic mass is 9.78. The van der Waals surface area contributed by atoms with Gasteiger partial charge in [0.2, 0.25) is 0 Å². The van der Waals surface area contributed by atoms with Gasteiger partial charge in [-0.25, -0.2) is 0 Å². The van der Waals surface area contributed by atoms with Crippen LogP contribution in [0.1, 0.15) is 32.1 Å². The van der Waals surface area contributed by atoms with Crippen LogP contribution in [-0.2, 0) is 19.2 Å². The topological polar surface area (TPSA) is 74.8 Å². The highest BCUT2D eigenvalue weighted by molar-refractivity contribution is 6.13. The second-order valence-electron chi connectivity index (χ2n) is 6.87. The number of hydrogen-bond acceptors (Lipinski definition) is 4. The summed E-state index contributed by atoms with van der Waals surface area (Å²) in [6, 6.07) is -0.0880. The van der Waals surface area contributed by atoms with Crippen LogP contribution in [0, 0.1) is 11.8 Å². The first-order valence-electron chi connectivity index (χ1n) is 8.15. The number of nitrogens with zero attached hydrogens (tertiary/aromatic N) is 2. The van der Waals surface area contributed by atoms with Crippen molar-refractivity contribution in [1.82, 2.24) is 9.80 Å². The molecule has 4 atom stereocenters. The van der Waals surface area contributed by atoms with Crippen molar-refractivity contribution in [2.75, 3.05) is 0 Å². The zero-order valence-corrected chi connectivity index (χ0v) is 12.7. The molecule has 0 aromatic rings. The Morgan fingerprint density at radius 3 is 1.61 bits per heavy atom. The third kappa shape index (κ3) is 2.24. The first kappa shape index (κ1) is 14.4. The first-order valence-corrected chi connectivity index (χ1v) is 8.15. The van der Waals surface area contributed by atoms with Gasteiger partial charge in [-0.1, -0.05) is 0 Å². The predicted octanol–water partition coefficient (Wildman–Crippen LogP) is 0.784. The smallest absolute Gasteiger partial charge is 0.253 e. The Labute approximate surface area is 133 Å². The maximum absolute atomic E-state index is 11.8. The minimum Gasteiger partial charge on any atom is -0.272 e. The zero-order valence-electron chi connectivity index (χ0n) is 12.7. The van der Waals surface area contributed by atoms with Crippen LogP contribution in [0.15, 0.2) is 24.3 Å². The molecule has 2 aliphatic heterocycles. The molecule has 0 saturated heterocycles. The molecule has 23 heavy (non-hydrogen) atoms. The van der Waals surface area contributed by atoms with E-state index in [4.69, 9.17) is 0 Å². The average molecular weight is 314 g/mol. The molecule has 0 aromatic heterocycles. The molecule has 0 aromatic carbocycles. The van der Waals surface area contributed by atoms with Crippen LogP contribution in [0.4, 0.5) is 0 Å². The summed E-state index contributed by atoms with van der Waals surface area (Å²) in [7, 11) is 0. The van der Waals surface area contributed by atoms with Gasteiger partial charge in [0.1, 0.15) is 0 Å². The summed E-state index contributed by atoms with van der Waals surface area (Å²) < 4.78 is 0. The van der Waals surface area contributed by atoms with Crippen molar-refractivity contribution in [3.63, 3.8) is 0 Å². The molecular weight excluding hydrogens is 296 g/mol. The van der Waals surface area contributed by atoms with Gasteiger partial charge < -0.3 is 0 Å². The minimum absolute atomic E-state index is 0.0399. The van der Waals surface area contributed by atoms with Crippen LogP contribution in [0.3, 0.4) is 0 Å². The maximum atomic E-state index is 11.8. The number of amides is 4. The van der Waals surface area contributed by atoms with Crippen LogP contribution < -0.4 is 0 Å². The lowest BCUT2D eigenvalue weighted by molar-refractivity contribution is -0.141. The quantitative estimate of drug-likeness (QED) is 0.706. The molecule has 2 aliphatic carbocycles. The number of fused-ring (bicyclic) bond motifs is 1. The van der Waals surface area contributed by atoms with Crippen molar-refractivity contribution >= 4 is 23.6 Å². The molecule has 4 unspecified atom stereocenters. The molecule has 2 saturated carbocycles. The van der Waals surface area contributed by atoms with Gasteiger partial charge >= 0.3 is 0 Å². The fraction of sp³-hybridized carbons (Fsp3) is 0.529. The summed E-state index contributed by atoms with van der Waals surface area (Å²) >= 11 is 0. The lowest BCUT2D eigenvalue weighted by Gasteiger charge is -2.35. The van der Waals surface area contributed by atoms with E-state index in [-0.39, 0.29) is 35.7 Å². The largest absolute Gasteiger partial charge is 0.272 e. The second-order valence-corrected chi connectivity index (χ2v) is 6.87. The van der Waals surface area contributed by atoms with Crippen molar-refractivity contribution in [1.29, 1.82) is 0 Å². The van der Waals surface area contributed by atoms with E-state index < -0.39 is 0 Å². The molecule has 4 amide bonds. The SMILES string of the molecule is O=C1C=CC(=O)N1C1CCC2CC(N3C(=O)C=CC3=O)CC2C1. The molecule has 120 valence electrons. The summed E-state index contributed by atoms with van der Waals surface area (Å²) in [5, 5.41) is 0. The fourth-order valence-electron chi connectivity index (χ4n) is 4.68. The molecule has 2 fully saturated rings. The highest BCUT2D eigenvalue weighted by Crippen LogP contribution is 2.45. The van der Waals surface area contributed by atoms with Gasteiger partial charge in [-0.15, -0.1) is 0 Å². The normalized spacial score (nSPS) is 36.5. The monoisotopic (exact) mass is 314 g/mol. The van der Waals surface area contributed by atoms with Crippen molar-refractivity contribution in [2.45, 2.75) is 44.2 Å². The zero-order chi connectivity index (χ0) is 16.1. The molecule has 0 bridgehead atoms. The van der Waals surface area contributed by atoms with Crippen LogP contribution in [0.2, 0.25) is 0 Å². The second kappa shape index (κ2) is 5.15. The minimum atomic E-state index is -0.220. The fourth-order valence-corrected chi connectivity index (χ4v) is 4.68. The van der Waals surface area contributed by atoms with Crippen LogP contribution >= 0.6 is 0 Å². The Hall–Kier alpha value is -2.24. The lowest BCUT2D eigenvalue weighted by Crippen LogP contribution is -2.43. The Kier molecular flexibility index (Phi) is 3.21. The van der Waals surface area contributed by atoms with Gasteiger partial charge in [0, 0.05) is 36.4 Å². The number of carbonyl (C=O) groups is 4. The van der Waals surface area contributed by atoms with Crippen LogP contribution in [0.5, 0.6) is 0 Å². The number of carbonyl (C=O) groups excluding carboxylic acids is 4. The predicted molar refractivity (Wildman–Crippen MR) is 79.6 cm³/mol. The molecule has 6 nitrogen and oxygen atoms in total. The van der Waals surface area contributed by atoms with Crippen LogP contribution in [-0.4, -0.2) is 45.5 Å². The summed E-state index contributed by atoms with van der Waals surface area (Å²) in [4.78, 5) is 50.1. The van der Waals surface area contributed by atoms with Gasteiger partial charge in [-0.2, -0.15) is 0 Å². The molecule has 0 spiro atoms. The first-order chi connectivity index (χ1) is 11.0. The number of imide groups is 2. The Morgan fingerprint density at radius 1 is 0.609 bits per heavy atom. The van der Waals surface area contributed by atoms with Gasteiger partial charge in [0.15, 0.2) is 0 Å². The molecule has 0 N–H and O–H groups in total. The van der Waals surface area contributed by atoms with E-state index in [1.54, 1.807) is 0 Å². The number of rotatable bonds is 2. The Morgan fingerprint density at radius 2 is 1.04 bits per heavy atom. The maximum Gasteiger partial charge on any atom is 0.253 e. The summed E-state index contributed by atoms with van der Waals surface area (Å²) in [5.41, 5.74) is 0. The van der Waals surface area contributed by atoms with Crippen molar-refractivity contribution < 1.29 is 19.2 Å². The van der Waals surface area contributed by atoms with E-state index >= 15 is 0 Å². The van der Waals surface area contributed by atoms with Gasteiger partial charge in [-0.3, -0.25) is 29.0 Å². The Bertz CT molecular complexity index is 590. The third-order valence-corrected chi connectivity index (χ3v) is 5.68. The molecule has 0 radical (unpaired) electrons. The highest BCUT2D eigenvalue weighted by atomic mass is 16.2. The molecular formula is C17H18N2O4. The molecule has 4 rings (SSSR count). The van der Waals surface area contributed by atoms with Gasteiger partial charge in [0.25, 0.3) is 23.6 Å². The molecule has 4 aliphatic rings. The van der Waals surface area contributed by atoms with Crippen molar-refractivity contribution in [3.05, 3.63) is 24.3 Å². The van der Waals surface area contributed by atoms with Crippen molar-refractivity contribution in [2.24, 2.45) is 11.8 Å². The molecule has 6 heteroatoms. The average Bonchev–Trinajstić information content (AvgIpc) is 3.16.